The van der Waals surface area contributed by atoms with Gasteiger partial charge in [0.1, 0.15) is 23.5 Å². The van der Waals surface area contributed by atoms with E-state index in [-0.39, 0.29) is 12.2 Å². The second-order valence-corrected chi connectivity index (χ2v) is 7.04. The molecule has 1 heterocycles. The van der Waals surface area contributed by atoms with E-state index in [2.05, 4.69) is 0 Å². The summed E-state index contributed by atoms with van der Waals surface area (Å²) in [6, 6.07) is 8.38. The largest absolute Gasteiger partial charge is 0.496 e. The fraction of sp³-hybridized carbons (Fsp3) is 0.304. The molecular weight excluding hydrogens is 388 g/mol. The number of hydrogen-bond donors (Lipinski definition) is 0. The molecule has 30 heavy (non-hydrogen) atoms. The lowest BCUT2D eigenvalue weighted by atomic mass is 10.0. The lowest BCUT2D eigenvalue weighted by Crippen LogP contribution is -2.10. The van der Waals surface area contributed by atoms with Crippen LogP contribution in [0.3, 0.4) is 0 Å². The quantitative estimate of drug-likeness (QED) is 0.453. The zero-order valence-electron chi connectivity index (χ0n) is 17.1. The molecule has 0 radical (unpaired) electrons. The van der Waals surface area contributed by atoms with Gasteiger partial charge in [-0.3, -0.25) is 0 Å². The lowest BCUT2D eigenvalue weighted by Gasteiger charge is -2.14. The van der Waals surface area contributed by atoms with Crippen molar-refractivity contribution in [2.24, 2.45) is 0 Å². The van der Waals surface area contributed by atoms with Gasteiger partial charge in [-0.05, 0) is 42.5 Å². The molecule has 4 rings (SSSR count). The van der Waals surface area contributed by atoms with Crippen molar-refractivity contribution in [2.75, 3.05) is 21.3 Å². The number of fused-ring (bicyclic) bond motifs is 2. The van der Waals surface area contributed by atoms with E-state index in [1.54, 1.807) is 6.07 Å². The third-order valence-corrected chi connectivity index (χ3v) is 5.33. The molecular formula is C23H22O7. The Morgan fingerprint density at radius 1 is 0.900 bits per heavy atom. The summed E-state index contributed by atoms with van der Waals surface area (Å²) in [7, 11) is 4.43. The second kappa shape index (κ2) is 8.10. The summed E-state index contributed by atoms with van der Waals surface area (Å²) < 4.78 is 26.7. The van der Waals surface area contributed by atoms with Crippen LogP contribution in [0.4, 0.5) is 0 Å². The van der Waals surface area contributed by atoms with E-state index in [0.29, 0.717) is 28.4 Å². The Morgan fingerprint density at radius 3 is 2.27 bits per heavy atom. The first-order valence-corrected chi connectivity index (χ1v) is 9.59. The summed E-state index contributed by atoms with van der Waals surface area (Å²) >= 11 is 0. The minimum absolute atomic E-state index is 0.0722. The molecule has 156 valence electrons. The third-order valence-electron chi connectivity index (χ3n) is 5.33. The van der Waals surface area contributed by atoms with Gasteiger partial charge in [0.25, 0.3) is 0 Å². The average Bonchev–Trinajstić information content (AvgIpc) is 3.22. The van der Waals surface area contributed by atoms with E-state index >= 15 is 0 Å². The standard InChI is InChI=1S/C23H22O7/c1-26-18-11-21(28-3)20(27-2)10-17(18)23(25)29-12-15-9-22(24)30-19-8-14-6-4-5-13(14)7-16(15)19/h7-11H,4-6,12H2,1-3H3. The van der Waals surface area contributed by atoms with Crippen molar-refractivity contribution >= 4 is 16.9 Å². The molecule has 0 amide bonds. The molecule has 0 fully saturated rings. The van der Waals surface area contributed by atoms with Crippen molar-refractivity contribution in [1.82, 2.24) is 0 Å². The van der Waals surface area contributed by atoms with E-state index in [4.69, 9.17) is 23.4 Å². The molecule has 0 aliphatic heterocycles. The predicted molar refractivity (Wildman–Crippen MR) is 110 cm³/mol. The van der Waals surface area contributed by atoms with Crippen LogP contribution in [0.5, 0.6) is 17.2 Å². The Bertz CT molecular complexity index is 1180. The summed E-state index contributed by atoms with van der Waals surface area (Å²) in [6.07, 6.45) is 3.05. The number of ether oxygens (including phenoxy) is 4. The molecule has 1 aliphatic rings. The van der Waals surface area contributed by atoms with Crippen LogP contribution < -0.4 is 19.8 Å². The number of esters is 1. The van der Waals surface area contributed by atoms with Crippen molar-refractivity contribution in [1.29, 1.82) is 0 Å². The van der Waals surface area contributed by atoms with Crippen LogP contribution in [0.15, 0.2) is 39.5 Å². The highest BCUT2D eigenvalue weighted by Crippen LogP contribution is 2.35. The Labute approximate surface area is 173 Å². The van der Waals surface area contributed by atoms with Gasteiger partial charge in [-0.15, -0.1) is 0 Å². The van der Waals surface area contributed by atoms with Crippen molar-refractivity contribution in [3.8, 4) is 17.2 Å². The highest BCUT2D eigenvalue weighted by Gasteiger charge is 2.20. The molecule has 2 aromatic carbocycles. The molecule has 7 heteroatoms. The maximum absolute atomic E-state index is 12.8. The van der Waals surface area contributed by atoms with Crippen LogP contribution in [0.1, 0.15) is 33.5 Å². The fourth-order valence-electron chi connectivity index (χ4n) is 3.82. The van der Waals surface area contributed by atoms with Gasteiger partial charge >= 0.3 is 11.6 Å². The number of rotatable bonds is 6. The van der Waals surface area contributed by atoms with Crippen LogP contribution in [0, 0.1) is 0 Å². The Morgan fingerprint density at radius 2 is 1.57 bits per heavy atom. The molecule has 0 spiro atoms. The summed E-state index contributed by atoms with van der Waals surface area (Å²) in [4.78, 5) is 24.8. The first-order chi connectivity index (χ1) is 14.5. The first kappa shape index (κ1) is 19.8. The fourth-order valence-corrected chi connectivity index (χ4v) is 3.82. The van der Waals surface area contributed by atoms with Crippen molar-refractivity contribution in [3.63, 3.8) is 0 Å². The molecule has 0 unspecified atom stereocenters. The minimum Gasteiger partial charge on any atom is -0.496 e. The zero-order valence-corrected chi connectivity index (χ0v) is 17.1. The highest BCUT2D eigenvalue weighted by atomic mass is 16.5. The first-order valence-electron chi connectivity index (χ1n) is 9.59. The molecule has 3 aromatic rings. The molecule has 7 nitrogen and oxygen atoms in total. The van der Waals surface area contributed by atoms with E-state index in [0.717, 1.165) is 24.6 Å². The smallest absolute Gasteiger partial charge is 0.342 e. The van der Waals surface area contributed by atoms with E-state index in [1.165, 1.54) is 44.6 Å². The summed E-state index contributed by atoms with van der Waals surface area (Å²) in [6.45, 7) is -0.0722. The van der Waals surface area contributed by atoms with Crippen LogP contribution in [0.2, 0.25) is 0 Å². The molecule has 0 bridgehead atoms. The topological polar surface area (TPSA) is 84.2 Å². The summed E-state index contributed by atoms with van der Waals surface area (Å²) in [5.41, 5.74) is 3.28. The van der Waals surface area contributed by atoms with Crippen LogP contribution in [-0.2, 0) is 24.2 Å². The van der Waals surface area contributed by atoms with Crippen LogP contribution in [0.25, 0.3) is 11.0 Å². The van der Waals surface area contributed by atoms with Crippen LogP contribution in [-0.4, -0.2) is 27.3 Å². The number of benzene rings is 2. The Balaban J connectivity index is 1.65. The van der Waals surface area contributed by atoms with Gasteiger partial charge in [-0.2, -0.15) is 0 Å². The van der Waals surface area contributed by atoms with Gasteiger partial charge in [0.2, 0.25) is 0 Å². The van der Waals surface area contributed by atoms with Gasteiger partial charge < -0.3 is 23.4 Å². The Hall–Kier alpha value is -3.48. The molecule has 0 saturated heterocycles. The maximum atomic E-state index is 12.8. The maximum Gasteiger partial charge on any atom is 0.342 e. The number of hydrogen-bond acceptors (Lipinski definition) is 7. The molecule has 1 aliphatic carbocycles. The van der Waals surface area contributed by atoms with Crippen molar-refractivity contribution in [2.45, 2.75) is 25.9 Å². The monoisotopic (exact) mass is 410 g/mol. The highest BCUT2D eigenvalue weighted by molar-refractivity contribution is 5.94. The van der Waals surface area contributed by atoms with Crippen molar-refractivity contribution < 1.29 is 28.2 Å². The van der Waals surface area contributed by atoms with Gasteiger partial charge in [-0.1, -0.05) is 0 Å². The lowest BCUT2D eigenvalue weighted by molar-refractivity contribution is 0.0469. The van der Waals surface area contributed by atoms with Crippen LogP contribution >= 0.6 is 0 Å². The van der Waals surface area contributed by atoms with Crippen molar-refractivity contribution in [3.05, 3.63) is 63.0 Å². The van der Waals surface area contributed by atoms with E-state index < -0.39 is 11.6 Å². The van der Waals surface area contributed by atoms with Gasteiger partial charge in [0, 0.05) is 29.1 Å². The number of aryl methyl sites for hydroxylation is 2. The number of methoxy groups -OCH3 is 3. The average molecular weight is 410 g/mol. The summed E-state index contributed by atoms with van der Waals surface area (Å²) in [5.74, 6) is 0.515. The van der Waals surface area contributed by atoms with Gasteiger partial charge in [0.15, 0.2) is 11.5 Å². The molecule has 0 saturated carbocycles. The zero-order chi connectivity index (χ0) is 21.3. The van der Waals surface area contributed by atoms with Gasteiger partial charge in [0.05, 0.1) is 21.3 Å². The minimum atomic E-state index is -0.602. The normalized spacial score (nSPS) is 12.5. The summed E-state index contributed by atoms with van der Waals surface area (Å²) in [5, 5.41) is 0.780. The molecule has 0 atom stereocenters. The number of carbonyl (C=O) groups excluding carboxylic acids is 1. The van der Waals surface area contributed by atoms with Gasteiger partial charge in [-0.25, -0.2) is 9.59 Å². The number of carbonyl (C=O) groups is 1. The molecule has 1 aromatic heterocycles. The SMILES string of the molecule is COc1cc(OC)c(C(=O)OCc2cc(=O)oc3cc4c(cc23)CCC4)cc1OC. The predicted octanol–water partition coefficient (Wildman–Crippen LogP) is 3.66. The molecule has 0 N–H and O–H groups in total. The van der Waals surface area contributed by atoms with E-state index in [9.17, 15) is 9.59 Å². The van der Waals surface area contributed by atoms with E-state index in [1.807, 2.05) is 12.1 Å². The Kier molecular flexibility index (Phi) is 5.35. The third kappa shape index (κ3) is 3.58. The second-order valence-electron chi connectivity index (χ2n) is 7.04.